The van der Waals surface area contributed by atoms with Crippen molar-refractivity contribution in [2.24, 2.45) is 0 Å². The highest BCUT2D eigenvalue weighted by molar-refractivity contribution is 7.80. The molecule has 0 fully saturated rings. The first kappa shape index (κ1) is 18.3. The third-order valence-electron chi connectivity index (χ3n) is 4.65. The van der Waals surface area contributed by atoms with Crippen molar-refractivity contribution in [2.45, 2.75) is 12.6 Å². The Bertz CT molecular complexity index is 987. The second-order valence-corrected chi connectivity index (χ2v) is 7.56. The van der Waals surface area contributed by atoms with Crippen LogP contribution in [0.15, 0.2) is 60.8 Å². The molecule has 0 spiro atoms. The van der Waals surface area contributed by atoms with Gasteiger partial charge >= 0.3 is 0 Å². The summed E-state index contributed by atoms with van der Waals surface area (Å²) in [5.41, 5.74) is 2.78. The first-order valence-electron chi connectivity index (χ1n) is 8.46. The summed E-state index contributed by atoms with van der Waals surface area (Å²) < 4.78 is 15.4. The Morgan fingerprint density at radius 2 is 1.85 bits per heavy atom. The number of fused-ring (bicyclic) bond motifs is 1. The Kier molecular flexibility index (Phi) is 5.08. The third-order valence-corrected chi connectivity index (χ3v) is 5.55. The van der Waals surface area contributed by atoms with Gasteiger partial charge in [-0.15, -0.1) is 0 Å². The molecule has 4 rings (SSSR count). The molecular weight excluding hydrogens is 404 g/mol. The lowest BCUT2D eigenvalue weighted by atomic mass is 10.00. The molecule has 0 unspecified atom stereocenters. The molecule has 138 valence electrons. The van der Waals surface area contributed by atoms with Crippen LogP contribution in [0.4, 0.5) is 10.1 Å². The van der Waals surface area contributed by atoms with Gasteiger partial charge in [-0.2, -0.15) is 0 Å². The van der Waals surface area contributed by atoms with Crippen LogP contribution in [-0.4, -0.2) is 21.1 Å². The number of aromatic nitrogens is 1. The van der Waals surface area contributed by atoms with E-state index in [1.807, 2.05) is 18.2 Å². The standard InChI is InChI=1S/C20H16Cl2FN3S/c21-13-3-8-16(17(22)12-13)19-18-2-1-9-25(18)10-11-26(19)20(27)24-15-6-4-14(23)5-7-15/h1-9,12,19H,10-11H2,(H,24,27)/t19-/m0/s1. The highest BCUT2D eigenvalue weighted by atomic mass is 35.5. The third kappa shape index (κ3) is 3.68. The zero-order valence-corrected chi connectivity index (χ0v) is 16.5. The number of nitrogens with one attached hydrogen (secondary N) is 1. The number of thiocarbonyl (C=S) groups is 1. The Balaban J connectivity index is 1.70. The van der Waals surface area contributed by atoms with Crippen LogP contribution in [0.25, 0.3) is 0 Å². The zero-order valence-electron chi connectivity index (χ0n) is 14.2. The molecule has 0 amide bonds. The number of hydrogen-bond donors (Lipinski definition) is 1. The molecular formula is C20H16Cl2FN3S. The van der Waals surface area contributed by atoms with Gasteiger partial charge in [-0.3, -0.25) is 0 Å². The van der Waals surface area contributed by atoms with Crippen LogP contribution < -0.4 is 5.32 Å². The summed E-state index contributed by atoms with van der Waals surface area (Å²) in [7, 11) is 0. The molecule has 27 heavy (non-hydrogen) atoms. The maximum Gasteiger partial charge on any atom is 0.174 e. The van der Waals surface area contributed by atoms with Gasteiger partial charge in [0.25, 0.3) is 0 Å². The van der Waals surface area contributed by atoms with E-state index in [2.05, 4.69) is 27.0 Å². The molecule has 0 saturated heterocycles. The summed E-state index contributed by atoms with van der Waals surface area (Å²) >= 11 is 18.3. The number of nitrogens with zero attached hydrogens (tertiary/aromatic N) is 2. The van der Waals surface area contributed by atoms with Gasteiger partial charge in [0, 0.05) is 40.7 Å². The fourth-order valence-corrected chi connectivity index (χ4v) is 4.21. The average molecular weight is 420 g/mol. The predicted molar refractivity (Wildman–Crippen MR) is 112 cm³/mol. The summed E-state index contributed by atoms with van der Waals surface area (Å²) in [4.78, 5) is 2.10. The molecule has 0 bridgehead atoms. The summed E-state index contributed by atoms with van der Waals surface area (Å²) in [5.74, 6) is -0.284. The van der Waals surface area contributed by atoms with Crippen LogP contribution in [-0.2, 0) is 6.54 Å². The maximum atomic E-state index is 13.2. The van der Waals surface area contributed by atoms with Crippen molar-refractivity contribution in [3.63, 3.8) is 0 Å². The largest absolute Gasteiger partial charge is 0.348 e. The summed E-state index contributed by atoms with van der Waals surface area (Å²) in [6.07, 6.45) is 2.06. The molecule has 0 saturated carbocycles. The van der Waals surface area contributed by atoms with Gasteiger partial charge in [0.15, 0.2) is 5.11 Å². The Morgan fingerprint density at radius 1 is 1.07 bits per heavy atom. The fourth-order valence-electron chi connectivity index (χ4n) is 3.38. The molecule has 1 aromatic heterocycles. The number of anilines is 1. The predicted octanol–water partition coefficient (Wildman–Crippen LogP) is 5.74. The van der Waals surface area contributed by atoms with Crippen LogP contribution in [0.2, 0.25) is 10.0 Å². The van der Waals surface area contributed by atoms with Crippen LogP contribution in [0.5, 0.6) is 0 Å². The lowest BCUT2D eigenvalue weighted by molar-refractivity contribution is 0.293. The van der Waals surface area contributed by atoms with Crippen molar-refractivity contribution in [1.82, 2.24) is 9.47 Å². The molecule has 3 aromatic rings. The minimum absolute atomic E-state index is 0.140. The molecule has 1 aliphatic rings. The van der Waals surface area contributed by atoms with Gasteiger partial charge in [-0.1, -0.05) is 29.3 Å². The van der Waals surface area contributed by atoms with Crippen molar-refractivity contribution >= 4 is 46.2 Å². The highest BCUT2D eigenvalue weighted by Gasteiger charge is 2.32. The van der Waals surface area contributed by atoms with Crippen LogP contribution in [0.1, 0.15) is 17.3 Å². The van der Waals surface area contributed by atoms with Gasteiger partial charge in [0.2, 0.25) is 0 Å². The van der Waals surface area contributed by atoms with E-state index in [1.165, 1.54) is 12.1 Å². The van der Waals surface area contributed by atoms with E-state index < -0.39 is 0 Å². The van der Waals surface area contributed by atoms with Gasteiger partial charge in [-0.05, 0) is 66.3 Å². The van der Waals surface area contributed by atoms with E-state index >= 15 is 0 Å². The van der Waals surface area contributed by atoms with Gasteiger partial charge in [-0.25, -0.2) is 4.39 Å². The second-order valence-electron chi connectivity index (χ2n) is 6.33. The van der Waals surface area contributed by atoms with Crippen molar-refractivity contribution < 1.29 is 4.39 Å². The van der Waals surface area contributed by atoms with Crippen molar-refractivity contribution in [2.75, 3.05) is 11.9 Å². The average Bonchev–Trinajstić information content (AvgIpc) is 3.12. The Labute approximate surface area is 172 Å². The molecule has 2 aromatic carbocycles. The fraction of sp³-hybridized carbons (Fsp3) is 0.150. The van der Waals surface area contributed by atoms with E-state index in [9.17, 15) is 4.39 Å². The van der Waals surface area contributed by atoms with Gasteiger partial charge in [0.05, 0.1) is 6.04 Å². The number of benzene rings is 2. The highest BCUT2D eigenvalue weighted by Crippen LogP contribution is 2.37. The monoisotopic (exact) mass is 419 g/mol. The lowest BCUT2D eigenvalue weighted by Crippen LogP contribution is -2.44. The lowest BCUT2D eigenvalue weighted by Gasteiger charge is -2.39. The molecule has 3 nitrogen and oxygen atoms in total. The maximum absolute atomic E-state index is 13.2. The van der Waals surface area contributed by atoms with Crippen LogP contribution >= 0.6 is 35.4 Å². The van der Waals surface area contributed by atoms with E-state index in [1.54, 1.807) is 18.2 Å². The summed E-state index contributed by atoms with van der Waals surface area (Å²) in [6.45, 7) is 1.54. The number of rotatable bonds is 2. The zero-order chi connectivity index (χ0) is 19.0. The topological polar surface area (TPSA) is 20.2 Å². The smallest absolute Gasteiger partial charge is 0.174 e. The van der Waals surface area contributed by atoms with E-state index in [0.29, 0.717) is 15.2 Å². The molecule has 0 radical (unpaired) electrons. The minimum Gasteiger partial charge on any atom is -0.348 e. The summed E-state index contributed by atoms with van der Waals surface area (Å²) in [5, 5.41) is 4.95. The molecule has 1 atom stereocenters. The molecule has 7 heteroatoms. The SMILES string of the molecule is Fc1ccc(NC(=S)N2CCn3cccc3[C@@H]2c2ccc(Cl)cc2Cl)cc1. The van der Waals surface area contributed by atoms with Crippen molar-refractivity contribution in [1.29, 1.82) is 0 Å². The number of hydrogen-bond acceptors (Lipinski definition) is 1. The van der Waals surface area contributed by atoms with E-state index in [4.69, 9.17) is 35.4 Å². The second kappa shape index (κ2) is 7.50. The quantitative estimate of drug-likeness (QED) is 0.535. The van der Waals surface area contributed by atoms with E-state index in [0.717, 1.165) is 30.0 Å². The van der Waals surface area contributed by atoms with Crippen LogP contribution in [0.3, 0.4) is 0 Å². The molecule has 2 heterocycles. The van der Waals surface area contributed by atoms with E-state index in [-0.39, 0.29) is 11.9 Å². The molecule has 0 aliphatic carbocycles. The van der Waals surface area contributed by atoms with Gasteiger partial charge in [0.1, 0.15) is 5.82 Å². The summed E-state index contributed by atoms with van der Waals surface area (Å²) in [6, 6.07) is 15.6. The van der Waals surface area contributed by atoms with Crippen LogP contribution in [0, 0.1) is 5.82 Å². The van der Waals surface area contributed by atoms with Crippen molar-refractivity contribution in [3.05, 3.63) is 87.9 Å². The normalized spacial score (nSPS) is 16.1. The first-order valence-corrected chi connectivity index (χ1v) is 9.62. The number of halogens is 3. The van der Waals surface area contributed by atoms with Gasteiger partial charge < -0.3 is 14.8 Å². The Hall–Kier alpha value is -2.08. The Morgan fingerprint density at radius 3 is 2.59 bits per heavy atom. The van der Waals surface area contributed by atoms with Crippen molar-refractivity contribution in [3.8, 4) is 0 Å². The molecule has 1 N–H and O–H groups in total. The minimum atomic E-state index is -0.284. The molecule has 1 aliphatic heterocycles. The first-order chi connectivity index (χ1) is 13.0.